The summed E-state index contributed by atoms with van der Waals surface area (Å²) < 4.78 is 0. The van der Waals surface area contributed by atoms with E-state index in [9.17, 15) is 4.79 Å². The van der Waals surface area contributed by atoms with Crippen molar-refractivity contribution >= 4 is 17.7 Å². The first-order chi connectivity index (χ1) is 10.1. The minimum absolute atomic E-state index is 0.00194. The Morgan fingerprint density at radius 3 is 2.67 bits per heavy atom. The zero-order valence-corrected chi connectivity index (χ0v) is 12.6. The van der Waals surface area contributed by atoms with Crippen LogP contribution in [0.15, 0.2) is 30.3 Å². The zero-order valence-electron chi connectivity index (χ0n) is 12.6. The van der Waals surface area contributed by atoms with Gasteiger partial charge in [-0.3, -0.25) is 4.79 Å². The van der Waals surface area contributed by atoms with E-state index in [1.54, 1.807) is 6.08 Å². The van der Waals surface area contributed by atoms with Crippen molar-refractivity contribution in [1.82, 2.24) is 5.32 Å². The van der Waals surface area contributed by atoms with E-state index in [1.807, 2.05) is 30.3 Å². The summed E-state index contributed by atoms with van der Waals surface area (Å²) in [7, 11) is 0. The summed E-state index contributed by atoms with van der Waals surface area (Å²) in [5.41, 5.74) is 7.37. The molecule has 0 spiro atoms. The smallest absolute Gasteiger partial charge is 0.244 e. The zero-order chi connectivity index (χ0) is 14.8. The van der Waals surface area contributed by atoms with Crippen LogP contribution < -0.4 is 11.1 Å². The van der Waals surface area contributed by atoms with Crippen molar-refractivity contribution < 1.29 is 4.79 Å². The second-order valence-electron chi connectivity index (χ2n) is 6.64. The van der Waals surface area contributed by atoms with Crippen LogP contribution in [0.1, 0.15) is 38.2 Å². The second-order valence-corrected chi connectivity index (χ2v) is 6.64. The molecule has 3 rings (SSSR count). The topological polar surface area (TPSA) is 55.1 Å². The summed E-state index contributed by atoms with van der Waals surface area (Å²) in [6.07, 6.45) is 8.90. The maximum Gasteiger partial charge on any atom is 0.244 e. The van der Waals surface area contributed by atoms with Crippen LogP contribution in [0.5, 0.6) is 0 Å². The lowest BCUT2D eigenvalue weighted by molar-refractivity contribution is -0.117. The van der Waals surface area contributed by atoms with Gasteiger partial charge < -0.3 is 11.1 Å². The Labute approximate surface area is 126 Å². The summed E-state index contributed by atoms with van der Waals surface area (Å²) >= 11 is 0. The predicted molar refractivity (Wildman–Crippen MR) is 86.4 cm³/mol. The fraction of sp³-hybridized carbons (Fsp3) is 0.500. The lowest BCUT2D eigenvalue weighted by atomic mass is 9.84. The fourth-order valence-electron chi connectivity index (χ4n) is 4.06. The van der Waals surface area contributed by atoms with Gasteiger partial charge in [0.05, 0.1) is 0 Å². The highest BCUT2D eigenvalue weighted by atomic mass is 16.1. The SMILES string of the molecule is CC(NC(=O)/C=C/c1ccc(N)cc1)C1CC2CCC1C2. The number of nitrogens with one attached hydrogen (secondary N) is 1. The van der Waals surface area contributed by atoms with E-state index >= 15 is 0 Å². The first-order valence-corrected chi connectivity index (χ1v) is 7.96. The van der Waals surface area contributed by atoms with Crippen LogP contribution in [0.3, 0.4) is 0 Å². The lowest BCUT2D eigenvalue weighted by Gasteiger charge is -2.28. The van der Waals surface area contributed by atoms with Gasteiger partial charge in [-0.25, -0.2) is 0 Å². The van der Waals surface area contributed by atoms with Crippen molar-refractivity contribution in [3.8, 4) is 0 Å². The largest absolute Gasteiger partial charge is 0.399 e. The highest BCUT2D eigenvalue weighted by molar-refractivity contribution is 5.91. The van der Waals surface area contributed by atoms with Crippen LogP contribution in [0.4, 0.5) is 5.69 Å². The summed E-state index contributed by atoms with van der Waals surface area (Å²) in [5.74, 6) is 2.44. The van der Waals surface area contributed by atoms with Crippen LogP contribution in [-0.2, 0) is 4.79 Å². The van der Waals surface area contributed by atoms with E-state index in [0.29, 0.717) is 5.92 Å². The second kappa shape index (κ2) is 5.92. The molecule has 1 aromatic carbocycles. The van der Waals surface area contributed by atoms with Crippen molar-refractivity contribution in [1.29, 1.82) is 0 Å². The van der Waals surface area contributed by atoms with Gasteiger partial charge in [-0.1, -0.05) is 18.6 Å². The molecule has 4 atom stereocenters. The Morgan fingerprint density at radius 1 is 1.29 bits per heavy atom. The quantitative estimate of drug-likeness (QED) is 0.659. The molecule has 3 nitrogen and oxygen atoms in total. The van der Waals surface area contributed by atoms with Crippen molar-refractivity contribution in [2.45, 2.75) is 38.6 Å². The average Bonchev–Trinajstić information content (AvgIpc) is 3.09. The molecule has 3 heteroatoms. The van der Waals surface area contributed by atoms with Gasteiger partial charge in [0.1, 0.15) is 0 Å². The predicted octanol–water partition coefficient (Wildman–Crippen LogP) is 3.22. The minimum atomic E-state index is 0.00194. The molecule has 0 radical (unpaired) electrons. The minimum Gasteiger partial charge on any atom is -0.399 e. The normalized spacial score (nSPS) is 28.9. The average molecular weight is 284 g/mol. The van der Waals surface area contributed by atoms with Crippen molar-refractivity contribution in [2.75, 3.05) is 5.73 Å². The van der Waals surface area contributed by atoms with Gasteiger partial charge >= 0.3 is 0 Å². The van der Waals surface area contributed by atoms with Crippen LogP contribution in [0.25, 0.3) is 6.08 Å². The van der Waals surface area contributed by atoms with Gasteiger partial charge in [-0.15, -0.1) is 0 Å². The summed E-state index contributed by atoms with van der Waals surface area (Å²) in [4.78, 5) is 12.0. The molecular weight excluding hydrogens is 260 g/mol. The lowest BCUT2D eigenvalue weighted by Crippen LogP contribution is -2.39. The maximum absolute atomic E-state index is 12.0. The van der Waals surface area contributed by atoms with Gasteiger partial charge in [-0.05, 0) is 67.7 Å². The highest BCUT2D eigenvalue weighted by Crippen LogP contribution is 2.49. The molecule has 0 aliphatic heterocycles. The Morgan fingerprint density at radius 2 is 2.05 bits per heavy atom. The van der Waals surface area contributed by atoms with Crippen molar-refractivity contribution in [3.63, 3.8) is 0 Å². The third-order valence-electron chi connectivity index (χ3n) is 5.17. The molecule has 2 aliphatic carbocycles. The molecule has 1 amide bonds. The molecule has 0 saturated heterocycles. The third-order valence-corrected chi connectivity index (χ3v) is 5.17. The van der Waals surface area contributed by atoms with Crippen molar-refractivity contribution in [2.24, 2.45) is 17.8 Å². The third kappa shape index (κ3) is 3.29. The molecule has 1 aromatic rings. The monoisotopic (exact) mass is 284 g/mol. The maximum atomic E-state index is 12.0. The fourth-order valence-corrected chi connectivity index (χ4v) is 4.06. The molecule has 0 heterocycles. The number of fused-ring (bicyclic) bond motifs is 2. The molecular formula is C18H24N2O. The van der Waals surface area contributed by atoms with E-state index in [-0.39, 0.29) is 11.9 Å². The van der Waals surface area contributed by atoms with Gasteiger partial charge in [-0.2, -0.15) is 0 Å². The molecule has 2 saturated carbocycles. The number of carbonyl (C=O) groups excluding carboxylic acids is 1. The van der Waals surface area contributed by atoms with E-state index < -0.39 is 0 Å². The molecule has 4 unspecified atom stereocenters. The molecule has 3 N–H and O–H groups in total. The van der Waals surface area contributed by atoms with Crippen LogP contribution in [-0.4, -0.2) is 11.9 Å². The Kier molecular flexibility index (Phi) is 4.00. The Balaban J connectivity index is 1.53. The molecule has 2 fully saturated rings. The van der Waals surface area contributed by atoms with E-state index in [1.165, 1.54) is 25.7 Å². The number of rotatable bonds is 4. The van der Waals surface area contributed by atoms with E-state index in [0.717, 1.165) is 23.1 Å². The van der Waals surface area contributed by atoms with Gasteiger partial charge in [0.15, 0.2) is 0 Å². The molecule has 2 bridgehead atoms. The van der Waals surface area contributed by atoms with Crippen LogP contribution in [0.2, 0.25) is 0 Å². The first kappa shape index (κ1) is 14.2. The van der Waals surface area contributed by atoms with E-state index in [2.05, 4.69) is 12.2 Å². The van der Waals surface area contributed by atoms with Gasteiger partial charge in [0.25, 0.3) is 0 Å². The number of hydrogen-bond donors (Lipinski definition) is 2. The number of hydrogen-bond acceptors (Lipinski definition) is 2. The van der Waals surface area contributed by atoms with Crippen LogP contribution in [0, 0.1) is 17.8 Å². The number of nitrogen functional groups attached to an aromatic ring is 1. The number of nitrogens with two attached hydrogens (primary N) is 1. The number of carbonyl (C=O) groups is 1. The van der Waals surface area contributed by atoms with Gasteiger partial charge in [0, 0.05) is 17.8 Å². The van der Waals surface area contributed by atoms with Gasteiger partial charge in [0.2, 0.25) is 5.91 Å². The summed E-state index contributed by atoms with van der Waals surface area (Å²) in [6.45, 7) is 2.15. The standard InChI is InChI=1S/C18H24N2O/c1-12(17-11-14-2-6-15(17)10-14)20-18(21)9-5-13-3-7-16(19)8-4-13/h3-5,7-9,12,14-15,17H,2,6,10-11,19H2,1H3,(H,20,21)/b9-5+. The number of benzene rings is 1. The van der Waals surface area contributed by atoms with Crippen molar-refractivity contribution in [3.05, 3.63) is 35.9 Å². The summed E-state index contributed by atoms with van der Waals surface area (Å²) in [5, 5.41) is 3.14. The Hall–Kier alpha value is -1.77. The molecule has 112 valence electrons. The Bertz CT molecular complexity index is 535. The summed E-state index contributed by atoms with van der Waals surface area (Å²) in [6, 6.07) is 7.80. The number of amides is 1. The molecule has 0 aromatic heterocycles. The molecule has 21 heavy (non-hydrogen) atoms. The highest BCUT2D eigenvalue weighted by Gasteiger charge is 2.41. The molecule has 2 aliphatic rings. The first-order valence-electron chi connectivity index (χ1n) is 7.96. The van der Waals surface area contributed by atoms with Crippen LogP contribution >= 0.6 is 0 Å². The van der Waals surface area contributed by atoms with E-state index in [4.69, 9.17) is 5.73 Å². The number of anilines is 1.